The fourth-order valence-electron chi connectivity index (χ4n) is 1.33. The monoisotopic (exact) mass is 141 g/mol. The number of nitrogens with zero attached hydrogens (tertiary/aromatic N) is 1. The summed E-state index contributed by atoms with van der Waals surface area (Å²) in [5.41, 5.74) is 0. The Kier molecular flexibility index (Phi) is 2.04. The van der Waals surface area contributed by atoms with Crippen molar-refractivity contribution < 1.29 is 9.59 Å². The fraction of sp³-hybridized carbons (Fsp3) is 0.714. The van der Waals surface area contributed by atoms with Crippen LogP contribution in [-0.4, -0.2) is 30.2 Å². The molecule has 0 N–H and O–H groups in total. The van der Waals surface area contributed by atoms with Crippen molar-refractivity contribution in [2.24, 2.45) is 5.92 Å². The third-order valence-electron chi connectivity index (χ3n) is 2.08. The van der Waals surface area contributed by atoms with Gasteiger partial charge in [-0.05, 0) is 12.3 Å². The van der Waals surface area contributed by atoms with Crippen molar-refractivity contribution in [3.8, 4) is 0 Å². The van der Waals surface area contributed by atoms with Crippen LogP contribution >= 0.6 is 0 Å². The molecule has 3 nitrogen and oxygen atoms in total. The lowest BCUT2D eigenvalue weighted by Gasteiger charge is -2.15. The van der Waals surface area contributed by atoms with Crippen LogP contribution in [0.4, 0.5) is 0 Å². The molecule has 0 aromatic rings. The predicted molar refractivity (Wildman–Crippen MR) is 36.4 cm³/mol. The van der Waals surface area contributed by atoms with Crippen LogP contribution in [0.5, 0.6) is 0 Å². The molecule has 10 heavy (non-hydrogen) atoms. The van der Waals surface area contributed by atoms with Gasteiger partial charge in [-0.3, -0.25) is 4.79 Å². The lowest BCUT2D eigenvalue weighted by molar-refractivity contribution is -0.124. The van der Waals surface area contributed by atoms with Gasteiger partial charge in [-0.15, -0.1) is 0 Å². The Bertz CT molecular complexity index is 147. The van der Waals surface area contributed by atoms with Crippen molar-refractivity contribution in [3.05, 3.63) is 0 Å². The molecular weight excluding hydrogens is 130 g/mol. The molecule has 0 aromatic carbocycles. The molecule has 2 atom stereocenters. The molecule has 0 unspecified atom stereocenters. The first-order valence-electron chi connectivity index (χ1n) is 3.46. The number of rotatable bonds is 2. The quantitative estimate of drug-likeness (QED) is 0.510. The maximum Gasteiger partial charge on any atom is 0.210 e. The Hall–Kier alpha value is -0.860. The van der Waals surface area contributed by atoms with Gasteiger partial charge in [-0.1, -0.05) is 6.92 Å². The second-order valence-electron chi connectivity index (χ2n) is 2.74. The Morgan fingerprint density at radius 1 is 1.50 bits per heavy atom. The van der Waals surface area contributed by atoms with Gasteiger partial charge in [-0.25, -0.2) is 0 Å². The average molecular weight is 141 g/mol. The van der Waals surface area contributed by atoms with Gasteiger partial charge < -0.3 is 9.69 Å². The van der Waals surface area contributed by atoms with E-state index in [1.165, 1.54) is 0 Å². The van der Waals surface area contributed by atoms with Crippen molar-refractivity contribution in [3.63, 3.8) is 0 Å². The second-order valence-corrected chi connectivity index (χ2v) is 2.74. The lowest BCUT2D eigenvalue weighted by Crippen LogP contribution is -2.31. The first kappa shape index (κ1) is 7.25. The highest BCUT2D eigenvalue weighted by molar-refractivity contribution is 5.65. The summed E-state index contributed by atoms with van der Waals surface area (Å²) in [4.78, 5) is 22.2. The second kappa shape index (κ2) is 2.82. The van der Waals surface area contributed by atoms with Gasteiger partial charge in [0.15, 0.2) is 0 Å². The zero-order chi connectivity index (χ0) is 7.56. The van der Waals surface area contributed by atoms with Gasteiger partial charge in [0.2, 0.25) is 6.41 Å². The Labute approximate surface area is 60.0 Å². The third kappa shape index (κ3) is 1.03. The fourth-order valence-corrected chi connectivity index (χ4v) is 1.33. The maximum absolute atomic E-state index is 10.4. The maximum atomic E-state index is 10.4. The van der Waals surface area contributed by atoms with Crippen molar-refractivity contribution in [2.45, 2.75) is 19.4 Å². The van der Waals surface area contributed by atoms with E-state index in [0.717, 1.165) is 25.7 Å². The highest BCUT2D eigenvalue weighted by Crippen LogP contribution is 2.19. The van der Waals surface area contributed by atoms with E-state index >= 15 is 0 Å². The summed E-state index contributed by atoms with van der Waals surface area (Å²) in [6.45, 7) is 2.72. The summed E-state index contributed by atoms with van der Waals surface area (Å²) < 4.78 is 0. The summed E-state index contributed by atoms with van der Waals surface area (Å²) in [6.07, 6.45) is 2.55. The van der Waals surface area contributed by atoms with E-state index in [9.17, 15) is 9.59 Å². The molecule has 0 saturated carbocycles. The van der Waals surface area contributed by atoms with Gasteiger partial charge >= 0.3 is 0 Å². The van der Waals surface area contributed by atoms with E-state index in [-0.39, 0.29) is 6.04 Å². The van der Waals surface area contributed by atoms with E-state index in [0.29, 0.717) is 5.92 Å². The topological polar surface area (TPSA) is 37.4 Å². The van der Waals surface area contributed by atoms with Gasteiger partial charge in [0.1, 0.15) is 6.29 Å². The number of amides is 1. The molecule has 1 amide bonds. The van der Waals surface area contributed by atoms with Crippen LogP contribution in [-0.2, 0) is 9.59 Å². The van der Waals surface area contributed by atoms with Crippen molar-refractivity contribution in [2.75, 3.05) is 6.54 Å². The normalized spacial score (nSPS) is 32.3. The van der Waals surface area contributed by atoms with Gasteiger partial charge in [0, 0.05) is 6.54 Å². The van der Waals surface area contributed by atoms with Crippen LogP contribution in [0.25, 0.3) is 0 Å². The van der Waals surface area contributed by atoms with Gasteiger partial charge in [-0.2, -0.15) is 0 Å². The summed E-state index contributed by atoms with van der Waals surface area (Å²) in [5, 5.41) is 0. The molecule has 1 heterocycles. The zero-order valence-electron chi connectivity index (χ0n) is 5.99. The highest BCUT2D eigenvalue weighted by Gasteiger charge is 2.29. The molecule has 1 aliphatic rings. The van der Waals surface area contributed by atoms with E-state index < -0.39 is 0 Å². The molecule has 3 heteroatoms. The Balaban J connectivity index is 2.61. The summed E-state index contributed by atoms with van der Waals surface area (Å²) >= 11 is 0. The van der Waals surface area contributed by atoms with Crippen LogP contribution in [0, 0.1) is 5.92 Å². The Morgan fingerprint density at radius 3 is 2.60 bits per heavy atom. The van der Waals surface area contributed by atoms with E-state index in [2.05, 4.69) is 0 Å². The highest BCUT2D eigenvalue weighted by atomic mass is 16.1. The van der Waals surface area contributed by atoms with Crippen LogP contribution in [0.1, 0.15) is 13.3 Å². The predicted octanol–water partition coefficient (Wildman–Crippen LogP) is 0.0521. The van der Waals surface area contributed by atoms with E-state index in [4.69, 9.17) is 0 Å². The number of hydrogen-bond donors (Lipinski definition) is 0. The first-order valence-corrected chi connectivity index (χ1v) is 3.46. The molecule has 1 saturated heterocycles. The standard InChI is InChI=1S/C7H11NO2/c1-6-2-3-8(5-10)7(6)4-9/h4-7H,2-3H2,1H3/t6-,7-/m1/s1. The minimum absolute atomic E-state index is 0.169. The Morgan fingerprint density at radius 2 is 2.20 bits per heavy atom. The molecule has 0 bridgehead atoms. The first-order chi connectivity index (χ1) is 4.79. The van der Waals surface area contributed by atoms with Gasteiger partial charge in [0.25, 0.3) is 0 Å². The van der Waals surface area contributed by atoms with Crippen molar-refractivity contribution >= 4 is 12.7 Å². The molecule has 1 aliphatic heterocycles. The summed E-state index contributed by atoms with van der Waals surface area (Å²) in [6, 6.07) is -0.169. The summed E-state index contributed by atoms with van der Waals surface area (Å²) in [5.74, 6) is 0.336. The number of carbonyl (C=O) groups excluding carboxylic acids is 2. The van der Waals surface area contributed by atoms with E-state index in [1.807, 2.05) is 6.92 Å². The largest absolute Gasteiger partial charge is 0.335 e. The number of hydrogen-bond acceptors (Lipinski definition) is 2. The smallest absolute Gasteiger partial charge is 0.210 e. The van der Waals surface area contributed by atoms with Crippen molar-refractivity contribution in [1.29, 1.82) is 0 Å². The minimum Gasteiger partial charge on any atom is -0.335 e. The SMILES string of the molecule is C[C@@H]1CCN(C=O)[C@@H]1C=O. The molecule has 0 aliphatic carbocycles. The number of likely N-dealkylation sites (tertiary alicyclic amines) is 1. The molecule has 1 fully saturated rings. The van der Waals surface area contributed by atoms with Crippen LogP contribution in [0.3, 0.4) is 0 Å². The third-order valence-corrected chi connectivity index (χ3v) is 2.08. The molecule has 0 spiro atoms. The molecular formula is C7H11NO2. The number of carbonyl (C=O) groups is 2. The molecule has 1 rings (SSSR count). The van der Waals surface area contributed by atoms with Gasteiger partial charge in [0.05, 0.1) is 6.04 Å². The molecule has 0 radical (unpaired) electrons. The van der Waals surface area contributed by atoms with Crippen LogP contribution < -0.4 is 0 Å². The van der Waals surface area contributed by atoms with Crippen molar-refractivity contribution in [1.82, 2.24) is 4.90 Å². The molecule has 56 valence electrons. The zero-order valence-corrected chi connectivity index (χ0v) is 5.99. The number of aldehydes is 1. The van der Waals surface area contributed by atoms with E-state index in [1.54, 1.807) is 4.90 Å². The average Bonchev–Trinajstić information content (AvgIpc) is 2.30. The minimum atomic E-state index is -0.169. The molecule has 0 aromatic heterocycles. The van der Waals surface area contributed by atoms with Crippen LogP contribution in [0.2, 0.25) is 0 Å². The summed E-state index contributed by atoms with van der Waals surface area (Å²) in [7, 11) is 0. The van der Waals surface area contributed by atoms with Crippen LogP contribution in [0.15, 0.2) is 0 Å². The lowest BCUT2D eigenvalue weighted by atomic mass is 10.1.